The van der Waals surface area contributed by atoms with E-state index in [-0.39, 0.29) is 19.2 Å². The molecule has 0 fully saturated rings. The van der Waals surface area contributed by atoms with Gasteiger partial charge < -0.3 is 19.8 Å². The summed E-state index contributed by atoms with van der Waals surface area (Å²) in [4.78, 5) is 18.6. The van der Waals surface area contributed by atoms with Crippen molar-refractivity contribution >= 4 is 6.03 Å². The quantitative estimate of drug-likeness (QED) is 0.755. The molecule has 2 aromatic rings. The fourth-order valence-corrected chi connectivity index (χ4v) is 2.60. The molecule has 0 aliphatic rings. The molecule has 0 aliphatic carbocycles. The van der Waals surface area contributed by atoms with Crippen LogP contribution in [0.2, 0.25) is 0 Å². The molecule has 1 aromatic carbocycles. The standard InChI is InChI=1S/C19H28N4O3/c1-13(2)11-17-21-18(26-22-17)15(4)20-19(25)23(9-10-24)12-16-8-6-5-7-14(16)3/h5-8,13,15,24H,9-12H2,1-4H3,(H,20,25)/t15-/m1/s1. The van der Waals surface area contributed by atoms with Crippen molar-refractivity contribution in [2.24, 2.45) is 5.92 Å². The first-order chi connectivity index (χ1) is 12.4. The van der Waals surface area contributed by atoms with Gasteiger partial charge in [0.25, 0.3) is 0 Å². The van der Waals surface area contributed by atoms with Crippen LogP contribution in [0.4, 0.5) is 4.79 Å². The van der Waals surface area contributed by atoms with Crippen molar-refractivity contribution in [3.8, 4) is 0 Å². The van der Waals surface area contributed by atoms with E-state index in [9.17, 15) is 9.90 Å². The van der Waals surface area contributed by atoms with E-state index in [1.165, 1.54) is 0 Å². The van der Waals surface area contributed by atoms with Gasteiger partial charge in [-0.15, -0.1) is 0 Å². The molecule has 2 amide bonds. The number of aryl methyl sites for hydroxylation is 1. The molecule has 0 radical (unpaired) electrons. The van der Waals surface area contributed by atoms with Gasteiger partial charge in [-0.25, -0.2) is 4.79 Å². The number of benzene rings is 1. The molecule has 2 N–H and O–H groups in total. The van der Waals surface area contributed by atoms with Gasteiger partial charge in [0.2, 0.25) is 5.89 Å². The number of carbonyl (C=O) groups is 1. The Morgan fingerprint density at radius 1 is 1.31 bits per heavy atom. The summed E-state index contributed by atoms with van der Waals surface area (Å²) in [5.41, 5.74) is 2.15. The van der Waals surface area contributed by atoms with Crippen LogP contribution in [0.3, 0.4) is 0 Å². The minimum absolute atomic E-state index is 0.104. The van der Waals surface area contributed by atoms with E-state index in [1.807, 2.05) is 31.2 Å². The minimum atomic E-state index is -0.408. The van der Waals surface area contributed by atoms with Crippen LogP contribution in [-0.2, 0) is 13.0 Å². The third-order valence-electron chi connectivity index (χ3n) is 4.06. The number of rotatable bonds is 8. The number of nitrogens with zero attached hydrogens (tertiary/aromatic N) is 3. The Morgan fingerprint density at radius 2 is 2.04 bits per heavy atom. The van der Waals surface area contributed by atoms with Crippen molar-refractivity contribution in [1.82, 2.24) is 20.4 Å². The van der Waals surface area contributed by atoms with Gasteiger partial charge in [0.15, 0.2) is 5.82 Å². The summed E-state index contributed by atoms with van der Waals surface area (Å²) >= 11 is 0. The predicted molar refractivity (Wildman–Crippen MR) is 98.5 cm³/mol. The van der Waals surface area contributed by atoms with Gasteiger partial charge in [0.05, 0.1) is 6.61 Å². The zero-order valence-corrected chi connectivity index (χ0v) is 15.9. The summed E-state index contributed by atoms with van der Waals surface area (Å²) in [6.45, 7) is 8.53. The average Bonchev–Trinajstić information content (AvgIpc) is 3.04. The lowest BCUT2D eigenvalue weighted by Gasteiger charge is -2.24. The van der Waals surface area contributed by atoms with E-state index < -0.39 is 6.04 Å². The van der Waals surface area contributed by atoms with Crippen LogP contribution in [0.5, 0.6) is 0 Å². The summed E-state index contributed by atoms with van der Waals surface area (Å²) < 4.78 is 5.26. The fourth-order valence-electron chi connectivity index (χ4n) is 2.60. The number of nitrogens with one attached hydrogen (secondary N) is 1. The Balaban J connectivity index is 2.02. The van der Waals surface area contributed by atoms with E-state index in [0.717, 1.165) is 17.5 Å². The van der Waals surface area contributed by atoms with Crippen LogP contribution in [0.1, 0.15) is 49.7 Å². The van der Waals surface area contributed by atoms with Gasteiger partial charge >= 0.3 is 6.03 Å². The normalized spacial score (nSPS) is 12.2. The van der Waals surface area contributed by atoms with Crippen LogP contribution in [0.15, 0.2) is 28.8 Å². The molecule has 1 aromatic heterocycles. The molecule has 7 nitrogen and oxygen atoms in total. The van der Waals surface area contributed by atoms with Crippen molar-refractivity contribution in [2.75, 3.05) is 13.2 Å². The van der Waals surface area contributed by atoms with Crippen molar-refractivity contribution < 1.29 is 14.4 Å². The Hall–Kier alpha value is -2.41. The maximum absolute atomic E-state index is 12.6. The Labute approximate surface area is 154 Å². The molecule has 0 bridgehead atoms. The first-order valence-corrected chi connectivity index (χ1v) is 8.94. The highest BCUT2D eigenvalue weighted by atomic mass is 16.5. The van der Waals surface area contributed by atoms with Crippen molar-refractivity contribution in [3.63, 3.8) is 0 Å². The molecule has 0 saturated heterocycles. The zero-order chi connectivity index (χ0) is 19.1. The van der Waals surface area contributed by atoms with Crippen LogP contribution < -0.4 is 5.32 Å². The monoisotopic (exact) mass is 360 g/mol. The Kier molecular flexibility index (Phi) is 7.15. The molecular weight excluding hydrogens is 332 g/mol. The highest BCUT2D eigenvalue weighted by Crippen LogP contribution is 2.14. The van der Waals surface area contributed by atoms with Crippen LogP contribution in [-0.4, -0.2) is 39.3 Å². The molecular formula is C19H28N4O3. The summed E-state index contributed by atoms with van der Waals surface area (Å²) in [5.74, 6) is 1.46. The highest BCUT2D eigenvalue weighted by Gasteiger charge is 2.21. The Morgan fingerprint density at radius 3 is 2.69 bits per heavy atom. The van der Waals surface area contributed by atoms with Gasteiger partial charge in [0, 0.05) is 19.5 Å². The van der Waals surface area contributed by atoms with Crippen molar-refractivity contribution in [1.29, 1.82) is 0 Å². The molecule has 142 valence electrons. The van der Waals surface area contributed by atoms with Gasteiger partial charge in [-0.1, -0.05) is 43.3 Å². The number of urea groups is 1. The molecule has 1 heterocycles. The van der Waals surface area contributed by atoms with Crippen LogP contribution in [0, 0.1) is 12.8 Å². The van der Waals surface area contributed by atoms with E-state index in [4.69, 9.17) is 4.52 Å². The van der Waals surface area contributed by atoms with Gasteiger partial charge in [0.1, 0.15) is 6.04 Å². The molecule has 0 aliphatic heterocycles. The third-order valence-corrected chi connectivity index (χ3v) is 4.06. The summed E-state index contributed by atoms with van der Waals surface area (Å²) in [5, 5.41) is 16.1. The topological polar surface area (TPSA) is 91.5 Å². The second-order valence-electron chi connectivity index (χ2n) is 6.89. The largest absolute Gasteiger partial charge is 0.395 e. The molecule has 7 heteroatoms. The lowest BCUT2D eigenvalue weighted by atomic mass is 10.1. The maximum atomic E-state index is 12.6. The van der Waals surface area contributed by atoms with Gasteiger partial charge in [-0.2, -0.15) is 4.98 Å². The lowest BCUT2D eigenvalue weighted by Crippen LogP contribution is -2.42. The van der Waals surface area contributed by atoms with E-state index in [0.29, 0.717) is 24.2 Å². The van der Waals surface area contributed by atoms with Gasteiger partial charge in [-0.3, -0.25) is 0 Å². The summed E-state index contributed by atoms with van der Waals surface area (Å²) in [6.07, 6.45) is 0.730. The smallest absolute Gasteiger partial charge is 0.318 e. The Bertz CT molecular complexity index is 714. The van der Waals surface area contributed by atoms with E-state index in [1.54, 1.807) is 11.8 Å². The van der Waals surface area contributed by atoms with Crippen LogP contribution in [0.25, 0.3) is 0 Å². The molecule has 1 atom stereocenters. The number of hydrogen-bond acceptors (Lipinski definition) is 5. The highest BCUT2D eigenvalue weighted by molar-refractivity contribution is 5.74. The number of hydrogen-bond donors (Lipinski definition) is 2. The SMILES string of the molecule is Cc1ccccc1CN(CCO)C(=O)N[C@H](C)c1nc(CC(C)C)no1. The molecule has 0 spiro atoms. The molecule has 0 unspecified atom stereocenters. The molecule has 2 rings (SSSR count). The third kappa shape index (κ3) is 5.56. The predicted octanol–water partition coefficient (Wildman–Crippen LogP) is 2.84. The molecule has 0 saturated carbocycles. The summed E-state index contributed by atoms with van der Waals surface area (Å²) in [6, 6.07) is 7.19. The second-order valence-corrected chi connectivity index (χ2v) is 6.89. The van der Waals surface area contributed by atoms with Gasteiger partial charge in [-0.05, 0) is 30.9 Å². The molecule has 26 heavy (non-hydrogen) atoms. The maximum Gasteiger partial charge on any atom is 0.318 e. The van der Waals surface area contributed by atoms with E-state index >= 15 is 0 Å². The fraction of sp³-hybridized carbons (Fsp3) is 0.526. The van der Waals surface area contributed by atoms with E-state index in [2.05, 4.69) is 29.3 Å². The number of amides is 2. The minimum Gasteiger partial charge on any atom is -0.395 e. The first-order valence-electron chi connectivity index (χ1n) is 8.94. The number of carbonyl (C=O) groups excluding carboxylic acids is 1. The number of aromatic nitrogens is 2. The zero-order valence-electron chi connectivity index (χ0n) is 15.9. The average molecular weight is 360 g/mol. The summed E-state index contributed by atoms with van der Waals surface area (Å²) in [7, 11) is 0. The van der Waals surface area contributed by atoms with Crippen molar-refractivity contribution in [2.45, 2.75) is 46.7 Å². The second kappa shape index (κ2) is 9.33. The first kappa shape index (κ1) is 19.9. The van der Waals surface area contributed by atoms with Crippen LogP contribution >= 0.6 is 0 Å². The number of aliphatic hydroxyl groups is 1. The van der Waals surface area contributed by atoms with Crippen molar-refractivity contribution in [3.05, 3.63) is 47.1 Å². The lowest BCUT2D eigenvalue weighted by molar-refractivity contribution is 0.169. The number of aliphatic hydroxyl groups excluding tert-OH is 1.